The highest BCUT2D eigenvalue weighted by Gasteiger charge is 2.24. The third-order valence-electron chi connectivity index (χ3n) is 6.83. The SMILES string of the molecule is COc1cccc(F)c1-c1ncc(-c2ccc(-c3cnccc3C#N)cc2N2CCN(C)CC2)c(C(N)=O)n1. The molecule has 0 spiro atoms. The lowest BCUT2D eigenvalue weighted by Crippen LogP contribution is -2.44. The lowest BCUT2D eigenvalue weighted by molar-refractivity contribution is 0.0996. The van der Waals surface area contributed by atoms with E-state index < -0.39 is 11.7 Å². The van der Waals surface area contributed by atoms with Crippen LogP contribution in [0.5, 0.6) is 5.75 Å². The van der Waals surface area contributed by atoms with Crippen molar-refractivity contribution in [1.82, 2.24) is 19.9 Å². The molecule has 9 nitrogen and oxygen atoms in total. The van der Waals surface area contributed by atoms with Crippen LogP contribution in [0, 0.1) is 17.1 Å². The van der Waals surface area contributed by atoms with Gasteiger partial charge in [-0.3, -0.25) is 9.78 Å². The fraction of sp³-hybridized carbons (Fsp3) is 0.207. The highest BCUT2D eigenvalue weighted by Crippen LogP contribution is 2.38. The van der Waals surface area contributed by atoms with Crippen LogP contribution >= 0.6 is 0 Å². The second kappa shape index (κ2) is 10.8. The molecule has 3 heterocycles. The lowest BCUT2D eigenvalue weighted by Gasteiger charge is -2.35. The number of rotatable bonds is 6. The van der Waals surface area contributed by atoms with Crippen molar-refractivity contribution < 1.29 is 13.9 Å². The Morgan fingerprint density at radius 2 is 1.87 bits per heavy atom. The molecular weight excluding hydrogens is 497 g/mol. The minimum atomic E-state index is -0.767. The monoisotopic (exact) mass is 523 g/mol. The van der Waals surface area contributed by atoms with Gasteiger partial charge in [-0.15, -0.1) is 0 Å². The number of anilines is 1. The summed E-state index contributed by atoms with van der Waals surface area (Å²) in [6.45, 7) is 3.21. The van der Waals surface area contributed by atoms with E-state index in [1.807, 2.05) is 18.2 Å². The van der Waals surface area contributed by atoms with E-state index in [1.165, 1.54) is 25.4 Å². The van der Waals surface area contributed by atoms with Gasteiger partial charge in [0.1, 0.15) is 17.3 Å². The molecule has 1 amide bonds. The number of pyridine rings is 1. The number of nitriles is 1. The summed E-state index contributed by atoms with van der Waals surface area (Å²) < 4.78 is 20.1. The fourth-order valence-corrected chi connectivity index (χ4v) is 4.74. The van der Waals surface area contributed by atoms with Crippen LogP contribution in [-0.2, 0) is 0 Å². The van der Waals surface area contributed by atoms with E-state index in [2.05, 4.69) is 37.9 Å². The number of nitrogens with zero attached hydrogens (tertiary/aromatic N) is 6. The second-order valence-corrected chi connectivity index (χ2v) is 9.19. The third kappa shape index (κ3) is 5.00. The zero-order chi connectivity index (χ0) is 27.5. The number of carbonyl (C=O) groups is 1. The number of hydrogen-bond acceptors (Lipinski definition) is 8. The number of methoxy groups -OCH3 is 1. The lowest BCUT2D eigenvalue weighted by atomic mass is 9.95. The Balaban J connectivity index is 1.69. The Labute approximate surface area is 225 Å². The van der Waals surface area contributed by atoms with Crippen LogP contribution in [0.25, 0.3) is 33.6 Å². The van der Waals surface area contributed by atoms with Gasteiger partial charge < -0.3 is 20.3 Å². The molecule has 0 saturated carbocycles. The van der Waals surface area contributed by atoms with Gasteiger partial charge in [0.2, 0.25) is 0 Å². The molecule has 0 unspecified atom stereocenters. The molecule has 2 N–H and O–H groups in total. The third-order valence-corrected chi connectivity index (χ3v) is 6.83. The number of nitrogens with two attached hydrogens (primary N) is 1. The van der Waals surface area contributed by atoms with E-state index >= 15 is 0 Å². The molecule has 0 atom stereocenters. The molecule has 2 aromatic carbocycles. The highest BCUT2D eigenvalue weighted by molar-refractivity contribution is 6.00. The number of hydrogen-bond donors (Lipinski definition) is 1. The summed E-state index contributed by atoms with van der Waals surface area (Å²) in [5, 5.41) is 9.64. The van der Waals surface area contributed by atoms with E-state index in [4.69, 9.17) is 10.5 Å². The van der Waals surface area contributed by atoms with Gasteiger partial charge in [-0.25, -0.2) is 14.4 Å². The molecule has 1 aliphatic heterocycles. The van der Waals surface area contributed by atoms with Gasteiger partial charge in [-0.1, -0.05) is 18.2 Å². The van der Waals surface area contributed by atoms with Crippen LogP contribution in [0.4, 0.5) is 10.1 Å². The molecule has 0 bridgehead atoms. The fourth-order valence-electron chi connectivity index (χ4n) is 4.74. The van der Waals surface area contributed by atoms with Gasteiger partial charge in [0.05, 0.1) is 24.3 Å². The highest BCUT2D eigenvalue weighted by atomic mass is 19.1. The smallest absolute Gasteiger partial charge is 0.268 e. The molecule has 1 fully saturated rings. The van der Waals surface area contributed by atoms with Crippen molar-refractivity contribution in [1.29, 1.82) is 5.26 Å². The summed E-state index contributed by atoms with van der Waals surface area (Å²) >= 11 is 0. The summed E-state index contributed by atoms with van der Waals surface area (Å²) in [5.41, 5.74) is 9.80. The topological polar surface area (TPSA) is 121 Å². The Hall–Kier alpha value is -4.88. The zero-order valence-corrected chi connectivity index (χ0v) is 21.6. The molecule has 4 aromatic rings. The summed E-state index contributed by atoms with van der Waals surface area (Å²) in [4.78, 5) is 30.2. The summed E-state index contributed by atoms with van der Waals surface area (Å²) in [6, 6.07) is 14.0. The number of primary amides is 1. The Bertz CT molecular complexity index is 1590. The molecule has 0 radical (unpaired) electrons. The molecule has 10 heteroatoms. The average Bonchev–Trinajstić information content (AvgIpc) is 2.96. The first kappa shape index (κ1) is 25.8. The number of piperazine rings is 1. The molecule has 2 aromatic heterocycles. The van der Waals surface area contributed by atoms with Gasteiger partial charge in [0.15, 0.2) is 5.82 Å². The van der Waals surface area contributed by atoms with Gasteiger partial charge in [0, 0.05) is 67.1 Å². The normalized spacial score (nSPS) is 13.6. The molecular formula is C29H26FN7O2. The zero-order valence-electron chi connectivity index (χ0n) is 21.6. The van der Waals surface area contributed by atoms with Crippen molar-refractivity contribution in [3.05, 3.63) is 78.1 Å². The Morgan fingerprint density at radius 3 is 2.59 bits per heavy atom. The summed E-state index contributed by atoms with van der Waals surface area (Å²) in [7, 11) is 3.49. The van der Waals surface area contributed by atoms with Gasteiger partial charge in [-0.05, 0) is 36.9 Å². The first-order valence-corrected chi connectivity index (χ1v) is 12.3. The predicted molar refractivity (Wildman–Crippen MR) is 146 cm³/mol. The largest absolute Gasteiger partial charge is 0.496 e. The summed E-state index contributed by atoms with van der Waals surface area (Å²) in [6.07, 6.45) is 4.74. The minimum Gasteiger partial charge on any atom is -0.496 e. The van der Waals surface area contributed by atoms with Gasteiger partial charge in [0.25, 0.3) is 5.91 Å². The van der Waals surface area contributed by atoms with Crippen LogP contribution < -0.4 is 15.4 Å². The van der Waals surface area contributed by atoms with E-state index in [9.17, 15) is 14.4 Å². The van der Waals surface area contributed by atoms with E-state index in [0.717, 1.165) is 37.4 Å². The van der Waals surface area contributed by atoms with Crippen LogP contribution in [0.2, 0.25) is 0 Å². The molecule has 0 aliphatic carbocycles. The standard InChI is InChI=1S/C29H26FN7O2/c1-36-10-12-37(13-11-36)24-14-18(21-16-33-9-8-19(21)15-31)6-7-20(24)22-17-34-29(35-27(22)28(32)38)26-23(30)4-3-5-25(26)39-2/h3-9,14,16-17H,10-13H2,1-2H3,(H2,32,38). The first-order chi connectivity index (χ1) is 18.9. The number of halogens is 1. The van der Waals surface area contributed by atoms with Crippen LogP contribution in [0.15, 0.2) is 61.1 Å². The van der Waals surface area contributed by atoms with E-state index in [-0.39, 0.29) is 22.8 Å². The number of benzene rings is 2. The molecule has 1 aliphatic rings. The predicted octanol–water partition coefficient (Wildman–Crippen LogP) is 3.74. The summed E-state index contributed by atoms with van der Waals surface area (Å²) in [5.74, 6) is -1.11. The molecule has 39 heavy (non-hydrogen) atoms. The van der Waals surface area contributed by atoms with E-state index in [1.54, 1.807) is 24.5 Å². The molecule has 5 rings (SSSR count). The second-order valence-electron chi connectivity index (χ2n) is 9.19. The van der Waals surface area contributed by atoms with Crippen molar-refractivity contribution in [2.75, 3.05) is 45.2 Å². The van der Waals surface area contributed by atoms with Gasteiger partial charge in [-0.2, -0.15) is 5.26 Å². The van der Waals surface area contributed by atoms with Crippen molar-refractivity contribution in [2.45, 2.75) is 0 Å². The van der Waals surface area contributed by atoms with Crippen LogP contribution in [-0.4, -0.2) is 66.1 Å². The Kier molecular flexibility index (Phi) is 7.17. The maximum Gasteiger partial charge on any atom is 0.268 e. The molecule has 196 valence electrons. The van der Waals surface area contributed by atoms with Crippen LogP contribution in [0.1, 0.15) is 16.1 Å². The Morgan fingerprint density at radius 1 is 1.08 bits per heavy atom. The first-order valence-electron chi connectivity index (χ1n) is 12.3. The number of amides is 1. The number of carbonyl (C=O) groups excluding carboxylic acids is 1. The van der Waals surface area contributed by atoms with Crippen molar-refractivity contribution >= 4 is 11.6 Å². The van der Waals surface area contributed by atoms with Crippen molar-refractivity contribution in [3.8, 4) is 45.5 Å². The quantitative estimate of drug-likeness (QED) is 0.406. The number of aromatic nitrogens is 3. The average molecular weight is 524 g/mol. The van der Waals surface area contributed by atoms with Crippen LogP contribution in [0.3, 0.4) is 0 Å². The maximum absolute atomic E-state index is 14.8. The number of likely N-dealkylation sites (N-methyl/N-ethyl adjacent to an activating group) is 1. The maximum atomic E-state index is 14.8. The van der Waals surface area contributed by atoms with Crippen molar-refractivity contribution in [2.24, 2.45) is 5.73 Å². The van der Waals surface area contributed by atoms with Crippen molar-refractivity contribution in [3.63, 3.8) is 0 Å². The van der Waals surface area contributed by atoms with Gasteiger partial charge >= 0.3 is 0 Å². The number of ether oxygens (including phenoxy) is 1. The minimum absolute atomic E-state index is 0.00529. The van der Waals surface area contributed by atoms with E-state index in [0.29, 0.717) is 22.3 Å². The molecule has 1 saturated heterocycles.